The molecule has 1 aliphatic rings. The van der Waals surface area contributed by atoms with Gasteiger partial charge in [0.2, 0.25) is 5.91 Å². The number of amides is 4. The Hall–Kier alpha value is -2.86. The van der Waals surface area contributed by atoms with E-state index in [0.29, 0.717) is 17.0 Å². The number of benzene rings is 2. The van der Waals surface area contributed by atoms with Gasteiger partial charge >= 0.3 is 6.03 Å². The van der Waals surface area contributed by atoms with Crippen LogP contribution in [-0.2, 0) is 15.1 Å². The van der Waals surface area contributed by atoms with E-state index in [1.165, 1.54) is 5.56 Å². The molecule has 2 aromatic rings. The van der Waals surface area contributed by atoms with Gasteiger partial charge in [-0.25, -0.2) is 4.79 Å². The second-order valence-electron chi connectivity index (χ2n) is 7.72. The highest BCUT2D eigenvalue weighted by Crippen LogP contribution is 2.33. The zero-order valence-electron chi connectivity index (χ0n) is 17.6. The maximum absolute atomic E-state index is 13.2. The number of hydrogen-bond acceptors (Lipinski definition) is 3. The Kier molecular flexibility index (Phi) is 6.17. The first-order chi connectivity index (χ1) is 14.2. The van der Waals surface area contributed by atoms with Crippen molar-refractivity contribution < 1.29 is 14.4 Å². The molecule has 7 heteroatoms. The van der Waals surface area contributed by atoms with Crippen LogP contribution in [-0.4, -0.2) is 29.3 Å². The average Bonchev–Trinajstić information content (AvgIpc) is 2.95. The molecule has 2 N–H and O–H groups in total. The molecule has 1 fully saturated rings. The minimum Gasteiger partial charge on any atom is -0.348 e. The molecule has 2 atom stereocenters. The van der Waals surface area contributed by atoms with E-state index in [9.17, 15) is 14.4 Å². The fourth-order valence-electron chi connectivity index (χ4n) is 3.69. The van der Waals surface area contributed by atoms with Gasteiger partial charge in [-0.05, 0) is 61.6 Å². The fraction of sp³-hybridized carbons (Fsp3) is 0.348. The standard InChI is InChI=1S/C23H26ClN3O3/c1-5-23(18-8-10-19(24)11-9-18)21(29)27(22(30)26-23)13-20(28)25-16(4)17-7-6-14(2)15(3)12-17/h6-12,16H,5,13H2,1-4H3,(H,25,28)(H,26,30). The van der Waals surface area contributed by atoms with Crippen molar-refractivity contribution >= 4 is 29.4 Å². The van der Waals surface area contributed by atoms with Crippen LogP contribution in [0.4, 0.5) is 4.79 Å². The number of hydrogen-bond donors (Lipinski definition) is 2. The molecule has 1 saturated heterocycles. The normalized spacial score (nSPS) is 19.6. The molecule has 0 aromatic heterocycles. The molecule has 30 heavy (non-hydrogen) atoms. The second kappa shape index (κ2) is 8.48. The summed E-state index contributed by atoms with van der Waals surface area (Å²) in [5.41, 5.74) is 2.72. The Morgan fingerprint density at radius 1 is 1.13 bits per heavy atom. The van der Waals surface area contributed by atoms with Crippen molar-refractivity contribution in [3.8, 4) is 0 Å². The summed E-state index contributed by atoms with van der Waals surface area (Å²) in [4.78, 5) is 39.3. The summed E-state index contributed by atoms with van der Waals surface area (Å²) in [7, 11) is 0. The highest BCUT2D eigenvalue weighted by atomic mass is 35.5. The number of carbonyl (C=O) groups excluding carboxylic acids is 3. The fourth-order valence-corrected chi connectivity index (χ4v) is 3.82. The van der Waals surface area contributed by atoms with E-state index < -0.39 is 23.4 Å². The Morgan fingerprint density at radius 2 is 1.80 bits per heavy atom. The molecule has 1 aliphatic heterocycles. The molecular formula is C23H26ClN3O3. The Morgan fingerprint density at radius 3 is 2.40 bits per heavy atom. The number of halogens is 1. The molecule has 0 bridgehead atoms. The predicted molar refractivity (Wildman–Crippen MR) is 116 cm³/mol. The van der Waals surface area contributed by atoms with Crippen LogP contribution in [0.3, 0.4) is 0 Å². The largest absolute Gasteiger partial charge is 0.348 e. The van der Waals surface area contributed by atoms with Gasteiger partial charge in [-0.2, -0.15) is 0 Å². The summed E-state index contributed by atoms with van der Waals surface area (Å²) in [6.45, 7) is 7.40. The van der Waals surface area contributed by atoms with E-state index in [2.05, 4.69) is 10.6 Å². The van der Waals surface area contributed by atoms with Crippen LogP contribution in [0.1, 0.15) is 48.6 Å². The van der Waals surface area contributed by atoms with Gasteiger partial charge in [-0.3, -0.25) is 14.5 Å². The zero-order chi connectivity index (χ0) is 22.1. The first-order valence-corrected chi connectivity index (χ1v) is 10.3. The minimum atomic E-state index is -1.19. The maximum Gasteiger partial charge on any atom is 0.325 e. The maximum atomic E-state index is 13.2. The van der Waals surface area contributed by atoms with Gasteiger partial charge in [0.1, 0.15) is 12.1 Å². The number of nitrogens with zero attached hydrogens (tertiary/aromatic N) is 1. The first kappa shape index (κ1) is 21.8. The summed E-state index contributed by atoms with van der Waals surface area (Å²) in [6, 6.07) is 12.0. The van der Waals surface area contributed by atoms with E-state index >= 15 is 0 Å². The van der Waals surface area contributed by atoms with Crippen LogP contribution < -0.4 is 10.6 Å². The quantitative estimate of drug-likeness (QED) is 0.684. The average molecular weight is 428 g/mol. The summed E-state index contributed by atoms with van der Waals surface area (Å²) in [5, 5.41) is 6.18. The zero-order valence-corrected chi connectivity index (χ0v) is 18.3. The smallest absolute Gasteiger partial charge is 0.325 e. The Balaban J connectivity index is 1.73. The third-order valence-electron chi connectivity index (χ3n) is 5.75. The van der Waals surface area contributed by atoms with Crippen LogP contribution in [0.15, 0.2) is 42.5 Å². The minimum absolute atomic E-state index is 0.246. The summed E-state index contributed by atoms with van der Waals surface area (Å²) >= 11 is 5.95. The molecule has 158 valence electrons. The van der Waals surface area contributed by atoms with Gasteiger partial charge in [-0.15, -0.1) is 0 Å². The van der Waals surface area contributed by atoms with E-state index in [1.807, 2.05) is 45.9 Å². The van der Waals surface area contributed by atoms with Crippen LogP contribution in [0.5, 0.6) is 0 Å². The molecule has 2 aromatic carbocycles. The monoisotopic (exact) mass is 427 g/mol. The molecule has 0 radical (unpaired) electrons. The highest BCUT2D eigenvalue weighted by Gasteiger charge is 2.51. The molecule has 6 nitrogen and oxygen atoms in total. The van der Waals surface area contributed by atoms with Crippen LogP contribution in [0.25, 0.3) is 0 Å². The SMILES string of the molecule is CCC1(c2ccc(Cl)cc2)NC(=O)N(CC(=O)NC(C)c2ccc(C)c(C)c2)C1=O. The van der Waals surface area contributed by atoms with Gasteiger partial charge in [0, 0.05) is 5.02 Å². The highest BCUT2D eigenvalue weighted by molar-refractivity contribution is 6.30. The van der Waals surface area contributed by atoms with Gasteiger partial charge in [-0.1, -0.05) is 48.9 Å². The number of imide groups is 1. The topological polar surface area (TPSA) is 78.5 Å². The van der Waals surface area contributed by atoms with Gasteiger partial charge in [0.15, 0.2) is 0 Å². The van der Waals surface area contributed by atoms with Crippen molar-refractivity contribution in [1.82, 2.24) is 15.5 Å². The molecule has 3 rings (SSSR count). The van der Waals surface area contributed by atoms with Crippen molar-refractivity contribution in [1.29, 1.82) is 0 Å². The third kappa shape index (κ3) is 4.05. The summed E-state index contributed by atoms with van der Waals surface area (Å²) in [5.74, 6) is -0.835. The molecule has 0 saturated carbocycles. The number of nitrogens with one attached hydrogen (secondary N) is 2. The van der Waals surface area contributed by atoms with Crippen LogP contribution >= 0.6 is 11.6 Å². The van der Waals surface area contributed by atoms with Gasteiger partial charge in [0.25, 0.3) is 5.91 Å². The molecule has 1 heterocycles. The molecule has 4 amide bonds. The number of carbonyl (C=O) groups is 3. The number of rotatable bonds is 6. The second-order valence-corrected chi connectivity index (χ2v) is 8.16. The Bertz CT molecular complexity index is 990. The number of aryl methyl sites for hydroxylation is 2. The van der Waals surface area contributed by atoms with E-state index in [1.54, 1.807) is 24.3 Å². The summed E-state index contributed by atoms with van der Waals surface area (Å²) < 4.78 is 0. The van der Waals surface area contributed by atoms with Crippen molar-refractivity contribution in [3.63, 3.8) is 0 Å². The van der Waals surface area contributed by atoms with Gasteiger partial charge < -0.3 is 10.6 Å². The molecular weight excluding hydrogens is 402 g/mol. The van der Waals surface area contributed by atoms with Crippen molar-refractivity contribution in [2.45, 2.75) is 45.7 Å². The first-order valence-electron chi connectivity index (χ1n) is 9.94. The Labute approximate surface area is 181 Å². The molecule has 0 spiro atoms. The molecule has 0 aliphatic carbocycles. The van der Waals surface area contributed by atoms with Crippen molar-refractivity contribution in [3.05, 3.63) is 69.7 Å². The lowest BCUT2D eigenvalue weighted by molar-refractivity contribution is -0.135. The van der Waals surface area contributed by atoms with E-state index in [-0.39, 0.29) is 12.6 Å². The van der Waals surface area contributed by atoms with Crippen molar-refractivity contribution in [2.75, 3.05) is 6.54 Å². The van der Waals surface area contributed by atoms with Crippen molar-refractivity contribution in [2.24, 2.45) is 0 Å². The number of urea groups is 1. The lowest BCUT2D eigenvalue weighted by Crippen LogP contribution is -2.45. The third-order valence-corrected chi connectivity index (χ3v) is 6.01. The van der Waals surface area contributed by atoms with Crippen LogP contribution in [0.2, 0.25) is 5.02 Å². The van der Waals surface area contributed by atoms with E-state index in [4.69, 9.17) is 11.6 Å². The lowest BCUT2D eigenvalue weighted by Gasteiger charge is -2.26. The van der Waals surface area contributed by atoms with Gasteiger partial charge in [0.05, 0.1) is 6.04 Å². The predicted octanol–water partition coefficient (Wildman–Crippen LogP) is 3.99. The lowest BCUT2D eigenvalue weighted by atomic mass is 9.87. The van der Waals surface area contributed by atoms with E-state index in [0.717, 1.165) is 16.0 Å². The molecule has 2 unspecified atom stereocenters. The summed E-state index contributed by atoms with van der Waals surface area (Å²) in [6.07, 6.45) is 0.358. The van der Waals surface area contributed by atoms with Crippen LogP contribution in [0, 0.1) is 13.8 Å².